The van der Waals surface area contributed by atoms with Gasteiger partial charge < -0.3 is 9.38 Å². The molecule has 0 spiro atoms. The maximum absolute atomic E-state index is 2.64. The molecular weight excluding hydrogens is 414 g/mol. The van der Waals surface area contributed by atoms with E-state index in [0.717, 1.165) is 12.0 Å². The van der Waals surface area contributed by atoms with Crippen LogP contribution in [0.2, 0.25) is 0 Å². The van der Waals surface area contributed by atoms with Crippen molar-refractivity contribution in [1.82, 2.24) is 9.80 Å². The molecule has 0 aromatic carbocycles. The lowest BCUT2D eigenvalue weighted by Gasteiger charge is -2.56. The molecule has 3 heteroatoms. The zero-order valence-corrected chi connectivity index (χ0v) is 24.8. The summed E-state index contributed by atoms with van der Waals surface area (Å²) in [7, 11) is 6.82. The Kier molecular flexibility index (Phi) is 6.53. The highest BCUT2D eigenvalue weighted by molar-refractivity contribution is 5.15. The molecule has 0 amide bonds. The SMILES string of the molecule is CC1C=CC(C)(C(C)(C)[N+]23CCC(C(C)(C)CCC(C)(C)C4CC(N(C)C)C4)(CC2)C3)CN1C. The Morgan fingerprint density at radius 2 is 1.59 bits per heavy atom. The molecule has 0 aromatic heterocycles. The van der Waals surface area contributed by atoms with Gasteiger partial charge in [-0.2, -0.15) is 0 Å². The van der Waals surface area contributed by atoms with Gasteiger partial charge in [0.1, 0.15) is 5.54 Å². The fourth-order valence-electron chi connectivity index (χ4n) is 8.54. The summed E-state index contributed by atoms with van der Waals surface area (Å²) in [6.45, 7) is 25.9. The van der Waals surface area contributed by atoms with Crippen LogP contribution in [0.1, 0.15) is 93.9 Å². The van der Waals surface area contributed by atoms with Crippen molar-refractivity contribution in [2.24, 2.45) is 27.6 Å². The van der Waals surface area contributed by atoms with Crippen LogP contribution in [0.3, 0.4) is 0 Å². The molecule has 196 valence electrons. The molecule has 3 aliphatic heterocycles. The summed E-state index contributed by atoms with van der Waals surface area (Å²) >= 11 is 0. The molecule has 2 atom stereocenters. The lowest BCUT2D eigenvalue weighted by atomic mass is 9.57. The molecule has 0 radical (unpaired) electrons. The summed E-state index contributed by atoms with van der Waals surface area (Å²) < 4.78 is 1.34. The van der Waals surface area contributed by atoms with Gasteiger partial charge in [0.25, 0.3) is 0 Å². The highest BCUT2D eigenvalue weighted by Crippen LogP contribution is 2.63. The van der Waals surface area contributed by atoms with Crippen molar-refractivity contribution >= 4 is 0 Å². The third-order valence-corrected chi connectivity index (χ3v) is 13.0. The first-order valence-corrected chi connectivity index (χ1v) is 14.4. The topological polar surface area (TPSA) is 6.48 Å². The number of rotatable bonds is 8. The molecule has 1 aliphatic carbocycles. The van der Waals surface area contributed by atoms with Crippen molar-refractivity contribution in [1.29, 1.82) is 0 Å². The third kappa shape index (κ3) is 3.95. The van der Waals surface area contributed by atoms with Crippen LogP contribution in [-0.4, -0.2) is 79.2 Å². The van der Waals surface area contributed by atoms with E-state index in [9.17, 15) is 0 Å². The largest absolute Gasteiger partial charge is 0.318 e. The Morgan fingerprint density at radius 3 is 2.12 bits per heavy atom. The van der Waals surface area contributed by atoms with Crippen molar-refractivity contribution in [2.75, 3.05) is 47.3 Å². The lowest BCUT2D eigenvalue weighted by molar-refractivity contribution is -0.962. The molecular formula is C31H58N3+. The lowest BCUT2D eigenvalue weighted by Crippen LogP contribution is -2.68. The first-order chi connectivity index (χ1) is 15.5. The standard InChI is InChI=1S/C31H58N3/c1-24-12-13-30(8,22-33(24)11)29(6,7)34-18-16-31(23-34,17-19-34)28(4,5)15-14-27(2,3)25-20-26(21-25)32(9)10/h12-13,24-26H,14-23H2,1-11H3/q+1. The minimum absolute atomic E-state index is 0.230. The van der Waals surface area contributed by atoms with E-state index < -0.39 is 0 Å². The van der Waals surface area contributed by atoms with Crippen LogP contribution in [-0.2, 0) is 0 Å². The van der Waals surface area contributed by atoms with Gasteiger partial charge in [-0.05, 0) is 91.3 Å². The minimum atomic E-state index is 0.230. The minimum Gasteiger partial charge on any atom is -0.318 e. The molecule has 3 fully saturated rings. The third-order valence-electron chi connectivity index (χ3n) is 13.0. The van der Waals surface area contributed by atoms with Gasteiger partial charge >= 0.3 is 0 Å². The van der Waals surface area contributed by atoms with Gasteiger partial charge in [0.2, 0.25) is 0 Å². The van der Waals surface area contributed by atoms with Gasteiger partial charge in [0, 0.05) is 36.9 Å². The average Bonchev–Trinajstić information content (AvgIpc) is 3.28. The monoisotopic (exact) mass is 472 g/mol. The van der Waals surface area contributed by atoms with Crippen molar-refractivity contribution < 1.29 is 4.48 Å². The summed E-state index contributed by atoms with van der Waals surface area (Å²) in [4.78, 5) is 5.00. The number of hydrogen-bond acceptors (Lipinski definition) is 2. The van der Waals surface area contributed by atoms with Gasteiger partial charge in [-0.1, -0.05) is 39.8 Å². The zero-order chi connectivity index (χ0) is 25.4. The van der Waals surface area contributed by atoms with Crippen molar-refractivity contribution in [2.45, 2.75) is 112 Å². The van der Waals surface area contributed by atoms with Gasteiger partial charge in [0.05, 0.1) is 25.0 Å². The Morgan fingerprint density at radius 1 is 1.00 bits per heavy atom. The van der Waals surface area contributed by atoms with Gasteiger partial charge in [-0.25, -0.2) is 0 Å². The normalized spacial score (nSPS) is 41.4. The molecule has 2 saturated heterocycles. The van der Waals surface area contributed by atoms with E-state index in [4.69, 9.17) is 0 Å². The molecule has 34 heavy (non-hydrogen) atoms. The second-order valence-electron chi connectivity index (χ2n) is 15.7. The first kappa shape index (κ1) is 26.7. The maximum Gasteiger partial charge on any atom is 0.104 e. The van der Waals surface area contributed by atoms with Crippen molar-refractivity contribution in [3.63, 3.8) is 0 Å². The molecule has 0 N–H and O–H groups in total. The maximum atomic E-state index is 2.64. The van der Waals surface area contributed by atoms with E-state index in [1.165, 1.54) is 69.2 Å². The Balaban J connectivity index is 1.46. The summed E-state index contributed by atoms with van der Waals surface area (Å²) in [5, 5.41) is 0. The highest BCUT2D eigenvalue weighted by Gasteiger charge is 2.68. The van der Waals surface area contributed by atoms with E-state index in [1.54, 1.807) is 0 Å². The van der Waals surface area contributed by atoms with E-state index in [1.807, 2.05) is 0 Å². The molecule has 3 heterocycles. The fourth-order valence-corrected chi connectivity index (χ4v) is 8.54. The van der Waals surface area contributed by atoms with E-state index in [0.29, 0.717) is 22.3 Å². The van der Waals surface area contributed by atoms with Crippen LogP contribution in [0, 0.1) is 27.6 Å². The molecule has 1 saturated carbocycles. The predicted octanol–water partition coefficient (Wildman–Crippen LogP) is 6.44. The summed E-state index contributed by atoms with van der Waals surface area (Å²) in [5.74, 6) is 0.909. The van der Waals surface area contributed by atoms with Gasteiger partial charge in [-0.3, -0.25) is 4.90 Å². The Labute approximate surface area is 212 Å². The number of nitrogens with zero attached hydrogens (tertiary/aromatic N) is 3. The van der Waals surface area contributed by atoms with Crippen LogP contribution in [0.5, 0.6) is 0 Å². The number of quaternary nitrogens is 1. The number of piperidine rings is 1. The second kappa shape index (κ2) is 8.32. The predicted molar refractivity (Wildman–Crippen MR) is 147 cm³/mol. The van der Waals surface area contributed by atoms with Crippen LogP contribution < -0.4 is 0 Å². The number of fused-ring (bicyclic) bond motifs is 2. The van der Waals surface area contributed by atoms with Gasteiger partial charge in [0.15, 0.2) is 0 Å². The molecule has 4 rings (SSSR count). The average molecular weight is 473 g/mol. The Hall–Kier alpha value is -0.380. The summed E-state index contributed by atoms with van der Waals surface area (Å²) in [6, 6.07) is 1.38. The van der Waals surface area contributed by atoms with E-state index in [2.05, 4.69) is 98.5 Å². The van der Waals surface area contributed by atoms with Crippen LogP contribution >= 0.6 is 0 Å². The van der Waals surface area contributed by atoms with E-state index >= 15 is 0 Å². The van der Waals surface area contributed by atoms with Crippen LogP contribution in [0.15, 0.2) is 12.2 Å². The van der Waals surface area contributed by atoms with Gasteiger partial charge in [-0.15, -0.1) is 0 Å². The van der Waals surface area contributed by atoms with Crippen molar-refractivity contribution in [3.8, 4) is 0 Å². The van der Waals surface area contributed by atoms with Crippen LogP contribution in [0.4, 0.5) is 0 Å². The molecule has 0 aromatic rings. The molecule has 4 aliphatic rings. The molecule has 3 nitrogen and oxygen atoms in total. The van der Waals surface area contributed by atoms with Crippen LogP contribution in [0.25, 0.3) is 0 Å². The molecule has 2 bridgehead atoms. The highest BCUT2D eigenvalue weighted by atomic mass is 15.5. The molecule has 2 unspecified atom stereocenters. The Bertz CT molecular complexity index is 776. The number of likely N-dealkylation sites (N-methyl/N-ethyl adjacent to an activating group) is 1. The fraction of sp³-hybridized carbons (Fsp3) is 0.935. The summed E-state index contributed by atoms with van der Waals surface area (Å²) in [6.07, 6.45) is 13.5. The second-order valence-corrected chi connectivity index (χ2v) is 15.7. The smallest absolute Gasteiger partial charge is 0.104 e. The zero-order valence-electron chi connectivity index (χ0n) is 24.8. The first-order valence-electron chi connectivity index (χ1n) is 14.4. The van der Waals surface area contributed by atoms with Crippen molar-refractivity contribution in [3.05, 3.63) is 12.2 Å². The number of hydrogen-bond donors (Lipinski definition) is 0. The van der Waals surface area contributed by atoms with E-state index in [-0.39, 0.29) is 11.0 Å². The summed E-state index contributed by atoms with van der Waals surface area (Å²) in [5.41, 5.74) is 1.92. The quantitative estimate of drug-likeness (QED) is 0.296.